The summed E-state index contributed by atoms with van der Waals surface area (Å²) in [5.74, 6) is 2.33. The van der Waals surface area contributed by atoms with E-state index >= 15 is 0 Å². The lowest BCUT2D eigenvalue weighted by Gasteiger charge is -2.06. The predicted molar refractivity (Wildman–Crippen MR) is 97.7 cm³/mol. The van der Waals surface area contributed by atoms with E-state index in [0.717, 1.165) is 35.6 Å². The molecule has 0 bridgehead atoms. The Morgan fingerprint density at radius 3 is 2.48 bits per heavy atom. The summed E-state index contributed by atoms with van der Waals surface area (Å²) >= 11 is 0. The molecule has 4 nitrogen and oxygen atoms in total. The van der Waals surface area contributed by atoms with E-state index in [2.05, 4.69) is 4.98 Å². The molecule has 4 heteroatoms. The van der Waals surface area contributed by atoms with Crippen LogP contribution in [0.15, 0.2) is 59.0 Å². The fourth-order valence-electron chi connectivity index (χ4n) is 2.67. The van der Waals surface area contributed by atoms with Crippen molar-refractivity contribution in [1.82, 2.24) is 4.98 Å². The maximum absolute atomic E-state index is 8.87. The van der Waals surface area contributed by atoms with Gasteiger partial charge in [-0.1, -0.05) is 30.3 Å². The summed E-state index contributed by atoms with van der Waals surface area (Å²) in [7, 11) is 0. The van der Waals surface area contributed by atoms with Gasteiger partial charge in [0.25, 0.3) is 0 Å². The van der Waals surface area contributed by atoms with Gasteiger partial charge in [0.1, 0.15) is 11.5 Å². The molecule has 0 fully saturated rings. The number of aryl methyl sites for hydroxylation is 2. The van der Waals surface area contributed by atoms with Gasteiger partial charge in [-0.25, -0.2) is 4.98 Å². The van der Waals surface area contributed by atoms with Gasteiger partial charge < -0.3 is 14.3 Å². The summed E-state index contributed by atoms with van der Waals surface area (Å²) in [6.07, 6.45) is 2.38. The fraction of sp³-hybridized carbons (Fsp3) is 0.286. The van der Waals surface area contributed by atoms with Gasteiger partial charge in [0, 0.05) is 18.6 Å². The lowest BCUT2D eigenvalue weighted by Crippen LogP contribution is -2.03. The van der Waals surface area contributed by atoms with Crippen LogP contribution in [0.4, 0.5) is 0 Å². The number of hydrogen-bond donors (Lipinski definition) is 1. The number of oxazole rings is 1. The van der Waals surface area contributed by atoms with Crippen LogP contribution in [0.3, 0.4) is 0 Å². The molecule has 0 aliphatic heterocycles. The maximum atomic E-state index is 8.87. The molecule has 0 saturated carbocycles. The van der Waals surface area contributed by atoms with Crippen molar-refractivity contribution in [3.63, 3.8) is 0 Å². The highest BCUT2D eigenvalue weighted by atomic mass is 16.5. The normalized spacial score (nSPS) is 10.8. The monoisotopic (exact) mass is 337 g/mol. The fourth-order valence-corrected chi connectivity index (χ4v) is 2.67. The zero-order valence-electron chi connectivity index (χ0n) is 14.4. The average Bonchev–Trinajstić information content (AvgIpc) is 3.03. The third kappa shape index (κ3) is 4.70. The second-order valence-electron chi connectivity index (χ2n) is 5.96. The van der Waals surface area contributed by atoms with Crippen molar-refractivity contribution in [1.29, 1.82) is 0 Å². The number of hydrogen-bond acceptors (Lipinski definition) is 4. The molecule has 0 spiro atoms. The van der Waals surface area contributed by atoms with Crippen LogP contribution in [0.1, 0.15) is 23.4 Å². The van der Waals surface area contributed by atoms with Crippen LogP contribution in [0, 0.1) is 6.92 Å². The number of ether oxygens (including phenoxy) is 1. The summed E-state index contributed by atoms with van der Waals surface area (Å²) < 4.78 is 11.6. The predicted octanol–water partition coefficient (Wildman–Crippen LogP) is 4.20. The van der Waals surface area contributed by atoms with Crippen molar-refractivity contribution in [2.75, 3.05) is 13.2 Å². The van der Waals surface area contributed by atoms with Crippen LogP contribution in [0.5, 0.6) is 5.75 Å². The minimum Gasteiger partial charge on any atom is -0.493 e. The second kappa shape index (κ2) is 8.49. The third-order valence-corrected chi connectivity index (χ3v) is 4.07. The van der Waals surface area contributed by atoms with Crippen molar-refractivity contribution in [3.05, 3.63) is 71.6 Å². The first-order valence-electron chi connectivity index (χ1n) is 8.60. The van der Waals surface area contributed by atoms with E-state index in [4.69, 9.17) is 14.3 Å². The zero-order chi connectivity index (χ0) is 17.5. The minimum atomic E-state index is 0.222. The van der Waals surface area contributed by atoms with Gasteiger partial charge in [-0.3, -0.25) is 0 Å². The number of rotatable bonds is 8. The van der Waals surface area contributed by atoms with Gasteiger partial charge >= 0.3 is 0 Å². The first-order chi connectivity index (χ1) is 12.3. The van der Waals surface area contributed by atoms with Gasteiger partial charge in [-0.15, -0.1) is 0 Å². The van der Waals surface area contributed by atoms with Gasteiger partial charge in [0.15, 0.2) is 0 Å². The number of benzene rings is 2. The van der Waals surface area contributed by atoms with E-state index in [1.54, 1.807) is 0 Å². The third-order valence-electron chi connectivity index (χ3n) is 4.07. The molecular formula is C21H23NO3. The number of aromatic nitrogens is 1. The first kappa shape index (κ1) is 17.2. The van der Waals surface area contributed by atoms with Gasteiger partial charge in [-0.2, -0.15) is 0 Å². The summed E-state index contributed by atoms with van der Waals surface area (Å²) in [4.78, 5) is 4.59. The highest BCUT2D eigenvalue weighted by Gasteiger charge is 2.11. The van der Waals surface area contributed by atoms with Crippen LogP contribution in [0.2, 0.25) is 0 Å². The van der Waals surface area contributed by atoms with E-state index in [1.165, 1.54) is 5.56 Å². The first-order valence-corrected chi connectivity index (χ1v) is 8.60. The Bertz CT molecular complexity index is 779. The minimum absolute atomic E-state index is 0.222. The summed E-state index contributed by atoms with van der Waals surface area (Å²) in [6, 6.07) is 17.9. The van der Waals surface area contributed by atoms with Gasteiger partial charge in [-0.05, 0) is 49.6 Å². The number of aliphatic hydroxyl groups excluding tert-OH is 1. The standard InChI is InChI=1S/C21H23NO3/c1-16-20(22-21(25-16)18-7-3-2-4-8-18)13-15-24-19-11-9-17(10-12-19)6-5-14-23/h2-4,7-12,23H,5-6,13-15H2,1H3. The molecule has 3 aromatic rings. The largest absolute Gasteiger partial charge is 0.493 e. The lowest BCUT2D eigenvalue weighted by atomic mass is 10.1. The van der Waals surface area contributed by atoms with Crippen LogP contribution in [-0.2, 0) is 12.8 Å². The molecule has 0 radical (unpaired) electrons. The smallest absolute Gasteiger partial charge is 0.226 e. The molecule has 130 valence electrons. The Hall–Kier alpha value is -2.59. The van der Waals surface area contributed by atoms with E-state index in [-0.39, 0.29) is 6.61 Å². The molecule has 0 aliphatic rings. The van der Waals surface area contributed by atoms with Crippen LogP contribution >= 0.6 is 0 Å². The van der Waals surface area contributed by atoms with Crippen molar-refractivity contribution in [3.8, 4) is 17.2 Å². The molecule has 0 saturated heterocycles. The number of aliphatic hydroxyl groups is 1. The zero-order valence-corrected chi connectivity index (χ0v) is 14.4. The molecule has 0 amide bonds. The Morgan fingerprint density at radius 2 is 1.76 bits per heavy atom. The van der Waals surface area contributed by atoms with Gasteiger partial charge in [0.2, 0.25) is 5.89 Å². The lowest BCUT2D eigenvalue weighted by molar-refractivity contribution is 0.288. The van der Waals surface area contributed by atoms with E-state index in [9.17, 15) is 0 Å². The molecule has 0 aliphatic carbocycles. The van der Waals surface area contributed by atoms with E-state index in [0.29, 0.717) is 18.9 Å². The van der Waals surface area contributed by atoms with E-state index in [1.807, 2.05) is 61.5 Å². The van der Waals surface area contributed by atoms with Crippen molar-refractivity contribution >= 4 is 0 Å². The molecule has 1 N–H and O–H groups in total. The highest BCUT2D eigenvalue weighted by Crippen LogP contribution is 2.22. The topological polar surface area (TPSA) is 55.5 Å². The molecule has 0 unspecified atom stereocenters. The Labute approximate surface area is 148 Å². The Kier molecular flexibility index (Phi) is 5.86. The Balaban J connectivity index is 1.54. The van der Waals surface area contributed by atoms with Crippen LogP contribution < -0.4 is 4.74 Å². The highest BCUT2D eigenvalue weighted by molar-refractivity contribution is 5.53. The second-order valence-corrected chi connectivity index (χ2v) is 5.96. The van der Waals surface area contributed by atoms with Crippen molar-refractivity contribution < 1.29 is 14.3 Å². The van der Waals surface area contributed by atoms with Crippen molar-refractivity contribution in [2.45, 2.75) is 26.2 Å². The van der Waals surface area contributed by atoms with Crippen LogP contribution in [0.25, 0.3) is 11.5 Å². The maximum Gasteiger partial charge on any atom is 0.226 e. The molecular weight excluding hydrogens is 314 g/mol. The number of nitrogens with zero attached hydrogens (tertiary/aromatic N) is 1. The average molecular weight is 337 g/mol. The molecule has 1 aromatic heterocycles. The molecule has 0 atom stereocenters. The Morgan fingerprint density at radius 1 is 1.00 bits per heavy atom. The van der Waals surface area contributed by atoms with E-state index < -0.39 is 0 Å². The van der Waals surface area contributed by atoms with Gasteiger partial charge in [0.05, 0.1) is 12.3 Å². The summed E-state index contributed by atoms with van der Waals surface area (Å²) in [5, 5.41) is 8.87. The van der Waals surface area contributed by atoms with Crippen LogP contribution in [-0.4, -0.2) is 23.3 Å². The molecule has 25 heavy (non-hydrogen) atoms. The molecule has 1 heterocycles. The summed E-state index contributed by atoms with van der Waals surface area (Å²) in [6.45, 7) is 2.71. The summed E-state index contributed by atoms with van der Waals surface area (Å²) in [5.41, 5.74) is 3.12. The molecule has 3 rings (SSSR count). The van der Waals surface area contributed by atoms with Crippen molar-refractivity contribution in [2.24, 2.45) is 0 Å². The quantitative estimate of drug-likeness (QED) is 0.669. The SMILES string of the molecule is Cc1oc(-c2ccccc2)nc1CCOc1ccc(CCCO)cc1. The molecule has 2 aromatic carbocycles.